The van der Waals surface area contributed by atoms with Crippen LogP contribution in [0.3, 0.4) is 0 Å². The number of nitrogens with zero attached hydrogens (tertiary/aromatic N) is 2. The van der Waals surface area contributed by atoms with Crippen LogP contribution in [0.5, 0.6) is 0 Å². The van der Waals surface area contributed by atoms with Gasteiger partial charge in [-0.25, -0.2) is 9.97 Å². The van der Waals surface area contributed by atoms with Gasteiger partial charge in [-0.3, -0.25) is 0 Å². The minimum absolute atomic E-state index is 0.806. The molecule has 1 aromatic heterocycles. The lowest BCUT2D eigenvalue weighted by Crippen LogP contribution is -1.94. The van der Waals surface area contributed by atoms with E-state index >= 15 is 0 Å². The first-order valence-corrected chi connectivity index (χ1v) is 8.02. The molecule has 0 N–H and O–H groups in total. The minimum atomic E-state index is 0.806. The van der Waals surface area contributed by atoms with Crippen molar-refractivity contribution in [2.45, 2.75) is 19.8 Å². The van der Waals surface area contributed by atoms with E-state index in [9.17, 15) is 0 Å². The summed E-state index contributed by atoms with van der Waals surface area (Å²) < 4.78 is 0. The van der Waals surface area contributed by atoms with Gasteiger partial charge in [-0.2, -0.15) is 0 Å². The third kappa shape index (κ3) is 2.68. The van der Waals surface area contributed by atoms with Crippen molar-refractivity contribution in [2.75, 3.05) is 0 Å². The zero-order valence-corrected chi connectivity index (χ0v) is 13.2. The van der Waals surface area contributed by atoms with E-state index < -0.39 is 0 Å². The van der Waals surface area contributed by atoms with Crippen LogP contribution < -0.4 is 0 Å². The Hall–Kier alpha value is -2.74. The van der Waals surface area contributed by atoms with E-state index in [-0.39, 0.29) is 0 Å². The van der Waals surface area contributed by atoms with Crippen LogP contribution >= 0.6 is 0 Å². The van der Waals surface area contributed by atoms with Crippen LogP contribution in [0.2, 0.25) is 0 Å². The number of aromatic nitrogens is 2. The second kappa shape index (κ2) is 5.81. The predicted molar refractivity (Wildman–Crippen MR) is 96.1 cm³/mol. The predicted octanol–water partition coefficient (Wildman–Crippen LogP) is 5.34. The third-order valence-electron chi connectivity index (χ3n) is 4.20. The smallest absolute Gasteiger partial charge is 0.126 e. The molecule has 0 amide bonds. The fourth-order valence-corrected chi connectivity index (χ4v) is 3.06. The zero-order valence-electron chi connectivity index (χ0n) is 13.2. The number of rotatable bonds is 2. The van der Waals surface area contributed by atoms with E-state index in [1.807, 2.05) is 25.1 Å². The molecule has 2 heteroatoms. The summed E-state index contributed by atoms with van der Waals surface area (Å²) >= 11 is 0. The molecule has 0 saturated heterocycles. The zero-order chi connectivity index (χ0) is 15.6. The third-order valence-corrected chi connectivity index (χ3v) is 4.20. The molecule has 2 nitrogen and oxygen atoms in total. The Morgan fingerprint density at radius 3 is 2.39 bits per heavy atom. The van der Waals surface area contributed by atoms with E-state index in [0.29, 0.717) is 0 Å². The van der Waals surface area contributed by atoms with Crippen molar-refractivity contribution in [1.82, 2.24) is 9.97 Å². The molecule has 3 aromatic rings. The number of benzene rings is 2. The Morgan fingerprint density at radius 1 is 0.826 bits per heavy atom. The molecule has 112 valence electrons. The number of fused-ring (bicyclic) bond motifs is 1. The van der Waals surface area contributed by atoms with Crippen molar-refractivity contribution in [3.05, 3.63) is 78.1 Å². The van der Waals surface area contributed by atoms with Gasteiger partial charge in [0, 0.05) is 10.9 Å². The average Bonchev–Trinajstić information content (AvgIpc) is 2.62. The van der Waals surface area contributed by atoms with Crippen molar-refractivity contribution in [3.63, 3.8) is 0 Å². The van der Waals surface area contributed by atoms with E-state index in [0.717, 1.165) is 40.8 Å². The lowest BCUT2D eigenvalue weighted by molar-refractivity contribution is 1.04. The van der Waals surface area contributed by atoms with E-state index in [2.05, 4.69) is 58.5 Å². The lowest BCUT2D eigenvalue weighted by Gasteiger charge is -2.10. The summed E-state index contributed by atoms with van der Waals surface area (Å²) in [4.78, 5) is 9.20. The van der Waals surface area contributed by atoms with Crippen LogP contribution in [0.25, 0.3) is 27.7 Å². The van der Waals surface area contributed by atoms with Crippen LogP contribution in [0.15, 0.2) is 66.8 Å². The highest BCUT2D eigenvalue weighted by molar-refractivity contribution is 5.92. The summed E-state index contributed by atoms with van der Waals surface area (Å²) in [5.41, 5.74) is 5.71. The summed E-state index contributed by atoms with van der Waals surface area (Å²) in [5.74, 6) is 0.806. The molecule has 23 heavy (non-hydrogen) atoms. The summed E-state index contributed by atoms with van der Waals surface area (Å²) in [7, 11) is 0. The largest absolute Gasteiger partial charge is 0.233 e. The van der Waals surface area contributed by atoms with Crippen molar-refractivity contribution in [1.29, 1.82) is 0 Å². The lowest BCUT2D eigenvalue weighted by atomic mass is 9.97. The first-order valence-electron chi connectivity index (χ1n) is 8.02. The molecule has 1 aliphatic rings. The molecule has 0 atom stereocenters. The van der Waals surface area contributed by atoms with Crippen molar-refractivity contribution >= 4 is 16.5 Å². The van der Waals surface area contributed by atoms with Crippen LogP contribution in [-0.4, -0.2) is 9.97 Å². The highest BCUT2D eigenvalue weighted by atomic mass is 14.9. The molecule has 4 rings (SSSR count). The molecule has 1 heterocycles. The number of para-hydroxylation sites is 1. The van der Waals surface area contributed by atoms with Crippen LogP contribution in [0, 0.1) is 6.92 Å². The Balaban J connectivity index is 1.79. The molecule has 0 unspecified atom stereocenters. The van der Waals surface area contributed by atoms with Gasteiger partial charge < -0.3 is 0 Å². The molecular formula is C21H18N2. The van der Waals surface area contributed by atoms with Crippen LogP contribution in [0.1, 0.15) is 24.2 Å². The highest BCUT2D eigenvalue weighted by Gasteiger charge is 2.08. The fraction of sp³-hybridized carbons (Fsp3) is 0.143. The van der Waals surface area contributed by atoms with Gasteiger partial charge in [0.15, 0.2) is 0 Å². The normalized spacial score (nSPS) is 14.0. The first kappa shape index (κ1) is 13.9. The van der Waals surface area contributed by atoms with Crippen molar-refractivity contribution in [3.8, 4) is 11.3 Å². The molecule has 2 aromatic carbocycles. The Labute approximate surface area is 136 Å². The van der Waals surface area contributed by atoms with Gasteiger partial charge in [0.05, 0.1) is 11.2 Å². The molecule has 0 radical (unpaired) electrons. The Morgan fingerprint density at radius 2 is 1.61 bits per heavy atom. The van der Waals surface area contributed by atoms with Crippen molar-refractivity contribution < 1.29 is 0 Å². The van der Waals surface area contributed by atoms with Crippen molar-refractivity contribution in [2.24, 2.45) is 0 Å². The molecule has 1 aliphatic carbocycles. The van der Waals surface area contributed by atoms with Gasteiger partial charge in [0.25, 0.3) is 0 Å². The van der Waals surface area contributed by atoms with Gasteiger partial charge in [-0.05, 0) is 37.0 Å². The Kier molecular flexibility index (Phi) is 3.51. The second-order valence-corrected chi connectivity index (χ2v) is 5.85. The van der Waals surface area contributed by atoms with Gasteiger partial charge in [-0.1, -0.05) is 60.7 Å². The number of aryl methyl sites for hydroxylation is 1. The topological polar surface area (TPSA) is 25.8 Å². The number of hydrogen-bond donors (Lipinski definition) is 0. The maximum absolute atomic E-state index is 4.67. The first-order chi connectivity index (χ1) is 11.3. The van der Waals surface area contributed by atoms with Gasteiger partial charge >= 0.3 is 0 Å². The summed E-state index contributed by atoms with van der Waals surface area (Å²) in [6.07, 6.45) is 9.03. The van der Waals surface area contributed by atoms with Gasteiger partial charge in [0.1, 0.15) is 5.82 Å². The monoisotopic (exact) mass is 298 g/mol. The molecule has 0 saturated carbocycles. The summed E-state index contributed by atoms with van der Waals surface area (Å²) in [6, 6.07) is 16.9. The van der Waals surface area contributed by atoms with Gasteiger partial charge in [0.2, 0.25) is 0 Å². The minimum Gasteiger partial charge on any atom is -0.233 e. The standard InChI is InChI=1S/C21H18N2/c1-15-22-20-10-6-5-9-19(20)21(23-15)18-13-11-17(12-14-18)16-7-3-2-4-8-16/h3,5-14H,2,4H2,1H3. The summed E-state index contributed by atoms with van der Waals surface area (Å²) in [6.45, 7) is 1.95. The number of hydrogen-bond acceptors (Lipinski definition) is 2. The van der Waals surface area contributed by atoms with E-state index in [1.165, 1.54) is 11.1 Å². The van der Waals surface area contributed by atoms with Crippen LogP contribution in [0.4, 0.5) is 0 Å². The van der Waals surface area contributed by atoms with E-state index in [1.54, 1.807) is 0 Å². The maximum Gasteiger partial charge on any atom is 0.126 e. The molecule has 0 aliphatic heterocycles. The maximum atomic E-state index is 4.67. The molecular weight excluding hydrogens is 280 g/mol. The fourth-order valence-electron chi connectivity index (χ4n) is 3.06. The number of allylic oxidation sites excluding steroid dienone is 4. The SMILES string of the molecule is Cc1nc(-c2ccc(C3=CCCC=C3)cc2)c2ccccc2n1. The molecule has 0 fully saturated rings. The van der Waals surface area contributed by atoms with E-state index in [4.69, 9.17) is 0 Å². The quantitative estimate of drug-likeness (QED) is 0.638. The summed E-state index contributed by atoms with van der Waals surface area (Å²) in [5, 5.41) is 1.10. The highest BCUT2D eigenvalue weighted by Crippen LogP contribution is 2.28. The van der Waals surface area contributed by atoms with Crippen LogP contribution in [-0.2, 0) is 0 Å². The molecule has 0 spiro atoms. The van der Waals surface area contributed by atoms with Gasteiger partial charge in [-0.15, -0.1) is 0 Å². The molecule has 0 bridgehead atoms. The second-order valence-electron chi connectivity index (χ2n) is 5.85. The Bertz CT molecular complexity index is 918. The average molecular weight is 298 g/mol.